The third-order valence-corrected chi connectivity index (χ3v) is 4.07. The molecular weight excluding hydrogens is 176 g/mol. The lowest BCUT2D eigenvalue weighted by Crippen LogP contribution is -2.27. The van der Waals surface area contributed by atoms with Gasteiger partial charge in [-0.2, -0.15) is 0 Å². The Hall–Kier alpha value is 0.480. The molecule has 0 heterocycles. The minimum absolute atomic E-state index is 0.554. The summed E-state index contributed by atoms with van der Waals surface area (Å²) in [6.07, 6.45) is 5.60. The Morgan fingerprint density at radius 3 is 2.33 bits per heavy atom. The van der Waals surface area contributed by atoms with Crippen LogP contribution in [0.15, 0.2) is 0 Å². The monoisotopic (exact) mass is 190 g/mol. The van der Waals surface area contributed by atoms with Crippen molar-refractivity contribution in [1.82, 2.24) is 0 Å². The third-order valence-electron chi connectivity index (χ3n) is 2.38. The SMILES string of the molecule is CC1(C)CCCCC1Br. The summed E-state index contributed by atoms with van der Waals surface area (Å²) in [6, 6.07) is 0. The number of hydrogen-bond donors (Lipinski definition) is 0. The first-order chi connectivity index (χ1) is 4.13. The normalized spacial score (nSPS) is 34.3. The van der Waals surface area contributed by atoms with Crippen LogP contribution < -0.4 is 0 Å². The van der Waals surface area contributed by atoms with E-state index in [-0.39, 0.29) is 0 Å². The van der Waals surface area contributed by atoms with E-state index >= 15 is 0 Å². The van der Waals surface area contributed by atoms with Gasteiger partial charge in [-0.15, -0.1) is 0 Å². The van der Waals surface area contributed by atoms with Crippen molar-refractivity contribution in [2.45, 2.75) is 44.4 Å². The second-order valence-corrected chi connectivity index (χ2v) is 4.81. The molecule has 0 saturated heterocycles. The molecule has 54 valence electrons. The fraction of sp³-hybridized carbons (Fsp3) is 1.00. The van der Waals surface area contributed by atoms with E-state index in [2.05, 4.69) is 29.8 Å². The van der Waals surface area contributed by atoms with Crippen LogP contribution >= 0.6 is 15.9 Å². The zero-order valence-corrected chi connectivity index (χ0v) is 7.87. The van der Waals surface area contributed by atoms with E-state index in [9.17, 15) is 0 Å². The third kappa shape index (κ3) is 1.70. The molecular formula is C8H15Br. The standard InChI is InChI=1S/C8H15Br/c1-8(2)6-4-3-5-7(8)9/h7H,3-6H2,1-2H3. The molecule has 1 saturated carbocycles. The lowest BCUT2D eigenvalue weighted by atomic mass is 9.77. The maximum atomic E-state index is 3.71. The predicted molar refractivity (Wildman–Crippen MR) is 45.0 cm³/mol. The van der Waals surface area contributed by atoms with Crippen molar-refractivity contribution in [3.8, 4) is 0 Å². The van der Waals surface area contributed by atoms with Crippen molar-refractivity contribution >= 4 is 15.9 Å². The molecule has 1 rings (SSSR count). The first-order valence-electron chi connectivity index (χ1n) is 3.77. The van der Waals surface area contributed by atoms with Gasteiger partial charge < -0.3 is 0 Å². The summed E-state index contributed by atoms with van der Waals surface area (Å²) in [5, 5.41) is 0. The van der Waals surface area contributed by atoms with Crippen LogP contribution in [0.25, 0.3) is 0 Å². The van der Waals surface area contributed by atoms with Crippen LogP contribution in [0.1, 0.15) is 39.5 Å². The summed E-state index contributed by atoms with van der Waals surface area (Å²) < 4.78 is 0. The molecule has 1 atom stereocenters. The molecule has 1 aliphatic carbocycles. The second-order valence-electron chi connectivity index (χ2n) is 3.70. The summed E-state index contributed by atoms with van der Waals surface area (Å²) in [7, 11) is 0. The van der Waals surface area contributed by atoms with Crippen LogP contribution in [0, 0.1) is 5.41 Å². The van der Waals surface area contributed by atoms with Gasteiger partial charge in [-0.3, -0.25) is 0 Å². The summed E-state index contributed by atoms with van der Waals surface area (Å²) in [4.78, 5) is 0.763. The number of hydrogen-bond acceptors (Lipinski definition) is 0. The molecule has 0 aromatic carbocycles. The second kappa shape index (κ2) is 2.61. The summed E-state index contributed by atoms with van der Waals surface area (Å²) >= 11 is 3.71. The van der Waals surface area contributed by atoms with Gasteiger partial charge in [0.2, 0.25) is 0 Å². The summed E-state index contributed by atoms with van der Waals surface area (Å²) in [5.74, 6) is 0. The van der Waals surface area contributed by atoms with Crippen LogP contribution in [-0.4, -0.2) is 4.83 Å². The molecule has 0 nitrogen and oxygen atoms in total. The van der Waals surface area contributed by atoms with E-state index in [0.717, 1.165) is 4.83 Å². The first-order valence-corrected chi connectivity index (χ1v) is 4.68. The highest BCUT2D eigenvalue weighted by Gasteiger charge is 2.29. The van der Waals surface area contributed by atoms with Gasteiger partial charge in [-0.25, -0.2) is 0 Å². The molecule has 0 bridgehead atoms. The fourth-order valence-electron chi connectivity index (χ4n) is 1.45. The Labute approximate surface area is 66.2 Å². The Kier molecular flexibility index (Phi) is 2.20. The molecule has 9 heavy (non-hydrogen) atoms. The summed E-state index contributed by atoms with van der Waals surface area (Å²) in [6.45, 7) is 4.71. The van der Waals surface area contributed by atoms with Gasteiger partial charge in [0.15, 0.2) is 0 Å². The quantitative estimate of drug-likeness (QED) is 0.515. The maximum Gasteiger partial charge on any atom is 0.0196 e. The lowest BCUT2D eigenvalue weighted by Gasteiger charge is -2.34. The van der Waals surface area contributed by atoms with Crippen molar-refractivity contribution in [3.63, 3.8) is 0 Å². The first kappa shape index (κ1) is 7.59. The van der Waals surface area contributed by atoms with Crippen LogP contribution in [-0.2, 0) is 0 Å². The van der Waals surface area contributed by atoms with Crippen molar-refractivity contribution in [2.75, 3.05) is 0 Å². The highest BCUT2D eigenvalue weighted by molar-refractivity contribution is 9.09. The van der Waals surface area contributed by atoms with E-state index in [4.69, 9.17) is 0 Å². The van der Waals surface area contributed by atoms with E-state index in [1.807, 2.05) is 0 Å². The minimum Gasteiger partial charge on any atom is -0.0885 e. The largest absolute Gasteiger partial charge is 0.0885 e. The van der Waals surface area contributed by atoms with Crippen molar-refractivity contribution in [1.29, 1.82) is 0 Å². The smallest absolute Gasteiger partial charge is 0.0196 e. The fourth-order valence-corrected chi connectivity index (χ4v) is 2.00. The van der Waals surface area contributed by atoms with E-state index in [1.165, 1.54) is 25.7 Å². The molecule has 1 unspecified atom stereocenters. The Morgan fingerprint density at radius 1 is 1.33 bits per heavy atom. The molecule has 0 amide bonds. The van der Waals surface area contributed by atoms with Crippen LogP contribution in [0.2, 0.25) is 0 Å². The van der Waals surface area contributed by atoms with Crippen LogP contribution in [0.3, 0.4) is 0 Å². The number of alkyl halides is 1. The molecule has 0 N–H and O–H groups in total. The van der Waals surface area contributed by atoms with Crippen molar-refractivity contribution < 1.29 is 0 Å². The van der Waals surface area contributed by atoms with Gasteiger partial charge in [0.05, 0.1) is 0 Å². The number of halogens is 1. The van der Waals surface area contributed by atoms with E-state index in [0.29, 0.717) is 5.41 Å². The zero-order chi connectivity index (χ0) is 6.91. The van der Waals surface area contributed by atoms with Gasteiger partial charge in [-0.1, -0.05) is 42.6 Å². The average Bonchev–Trinajstić information content (AvgIpc) is 1.77. The molecule has 0 radical (unpaired) electrons. The Bertz CT molecular complexity index is 96.7. The minimum atomic E-state index is 0.554. The van der Waals surface area contributed by atoms with Crippen LogP contribution in [0.4, 0.5) is 0 Å². The summed E-state index contributed by atoms with van der Waals surface area (Å²) in [5.41, 5.74) is 0.554. The molecule has 1 aliphatic rings. The van der Waals surface area contributed by atoms with Crippen LogP contribution in [0.5, 0.6) is 0 Å². The molecule has 1 heteroatoms. The molecule has 1 fully saturated rings. The number of rotatable bonds is 0. The average molecular weight is 191 g/mol. The lowest BCUT2D eigenvalue weighted by molar-refractivity contribution is 0.260. The van der Waals surface area contributed by atoms with Crippen molar-refractivity contribution in [3.05, 3.63) is 0 Å². The van der Waals surface area contributed by atoms with Gasteiger partial charge in [-0.05, 0) is 18.3 Å². The molecule has 0 aromatic heterocycles. The predicted octanol–water partition coefficient (Wildman–Crippen LogP) is 3.35. The van der Waals surface area contributed by atoms with Gasteiger partial charge in [0.25, 0.3) is 0 Å². The Balaban J connectivity index is 2.49. The van der Waals surface area contributed by atoms with Gasteiger partial charge in [0, 0.05) is 4.83 Å². The molecule has 0 aliphatic heterocycles. The van der Waals surface area contributed by atoms with Gasteiger partial charge >= 0.3 is 0 Å². The Morgan fingerprint density at radius 2 is 2.00 bits per heavy atom. The molecule has 0 aromatic rings. The highest BCUT2D eigenvalue weighted by atomic mass is 79.9. The maximum absolute atomic E-state index is 3.71. The molecule has 0 spiro atoms. The van der Waals surface area contributed by atoms with Gasteiger partial charge in [0.1, 0.15) is 0 Å². The highest BCUT2D eigenvalue weighted by Crippen LogP contribution is 2.39. The van der Waals surface area contributed by atoms with Crippen molar-refractivity contribution in [2.24, 2.45) is 5.41 Å². The van der Waals surface area contributed by atoms with E-state index in [1.54, 1.807) is 0 Å². The van der Waals surface area contributed by atoms with E-state index < -0.39 is 0 Å². The zero-order valence-electron chi connectivity index (χ0n) is 6.28. The topological polar surface area (TPSA) is 0 Å².